The topological polar surface area (TPSA) is 12.4 Å². The van der Waals surface area contributed by atoms with Crippen LogP contribution in [0.25, 0.3) is 0 Å². The Balaban J connectivity index is 2.86. The molecule has 0 fully saturated rings. The molecule has 1 heterocycles. The normalized spacial score (nSPS) is 17.0. The molecule has 0 unspecified atom stereocenters. The van der Waals surface area contributed by atoms with E-state index in [1.54, 1.807) is 12.3 Å². The van der Waals surface area contributed by atoms with Crippen molar-refractivity contribution in [1.82, 2.24) is 0 Å². The van der Waals surface area contributed by atoms with E-state index >= 15 is 0 Å². The van der Waals surface area contributed by atoms with Gasteiger partial charge in [-0.3, -0.25) is 4.99 Å². The Hall–Kier alpha value is -0.500. The van der Waals surface area contributed by atoms with Crippen molar-refractivity contribution >= 4 is 23.3 Å². The van der Waals surface area contributed by atoms with Crippen molar-refractivity contribution in [3.63, 3.8) is 0 Å². The molecule has 0 aromatic carbocycles. The van der Waals surface area contributed by atoms with Crippen molar-refractivity contribution in [2.45, 2.75) is 0 Å². The van der Waals surface area contributed by atoms with Gasteiger partial charge in [0.25, 0.3) is 0 Å². The zero-order valence-corrected chi connectivity index (χ0v) is 3.83. The molecule has 1 rings (SSSR count). The van der Waals surface area contributed by atoms with Crippen molar-refractivity contribution in [1.29, 1.82) is 0 Å². The molecule has 0 atom stereocenters. The summed E-state index contributed by atoms with van der Waals surface area (Å²) in [5.41, 5.74) is 0. The maximum Gasteiger partial charge on any atom is 0.108 e. The Labute approximate surface area is 41.4 Å². The summed E-state index contributed by atoms with van der Waals surface area (Å²) in [7, 11) is 0. The maximum atomic E-state index is 4.63. The van der Waals surface area contributed by atoms with Gasteiger partial charge in [0.2, 0.25) is 0 Å². The SMILES string of the molecule is S=C1[C]=NC=C1. The van der Waals surface area contributed by atoms with E-state index in [2.05, 4.69) is 23.4 Å². The zero-order chi connectivity index (χ0) is 4.41. The molecule has 1 aliphatic heterocycles. The van der Waals surface area contributed by atoms with Crippen LogP contribution in [0, 0.1) is 0 Å². The summed E-state index contributed by atoms with van der Waals surface area (Å²) in [6.07, 6.45) is 5.92. The summed E-state index contributed by atoms with van der Waals surface area (Å²) < 4.78 is 0. The number of aliphatic imine (C=N–C) groups is 1. The lowest BCUT2D eigenvalue weighted by atomic mass is 10.5. The number of hydrogen-bond acceptors (Lipinski definition) is 2. The van der Waals surface area contributed by atoms with Crippen LogP contribution in [0.2, 0.25) is 0 Å². The van der Waals surface area contributed by atoms with Crippen LogP contribution in [0.15, 0.2) is 17.3 Å². The van der Waals surface area contributed by atoms with E-state index in [4.69, 9.17) is 0 Å². The Morgan fingerprint density at radius 2 is 2.67 bits per heavy atom. The summed E-state index contributed by atoms with van der Waals surface area (Å²) >= 11 is 4.63. The largest absolute Gasteiger partial charge is 0.253 e. The van der Waals surface area contributed by atoms with Crippen LogP contribution in [0.5, 0.6) is 0 Å². The lowest BCUT2D eigenvalue weighted by Crippen LogP contribution is -1.79. The van der Waals surface area contributed by atoms with Gasteiger partial charge in [-0.25, -0.2) is 0 Å². The molecule has 1 aliphatic rings. The average molecular weight is 96.1 g/mol. The van der Waals surface area contributed by atoms with Crippen LogP contribution in [0.3, 0.4) is 0 Å². The van der Waals surface area contributed by atoms with Crippen molar-refractivity contribution in [3.05, 3.63) is 12.3 Å². The van der Waals surface area contributed by atoms with Crippen molar-refractivity contribution in [2.24, 2.45) is 4.99 Å². The molecule has 0 N–H and O–H groups in total. The fraction of sp³-hybridized carbons (Fsp3) is 0. The molecule has 0 spiro atoms. The first-order chi connectivity index (χ1) is 2.89. The number of nitrogens with zero attached hydrogens (tertiary/aromatic N) is 1. The molecule has 0 bridgehead atoms. The van der Waals surface area contributed by atoms with Crippen LogP contribution < -0.4 is 0 Å². The lowest BCUT2D eigenvalue weighted by molar-refractivity contribution is 1.65. The fourth-order valence-corrected chi connectivity index (χ4v) is 0.357. The second-order valence-corrected chi connectivity index (χ2v) is 1.36. The Morgan fingerprint density at radius 3 is 2.83 bits per heavy atom. The van der Waals surface area contributed by atoms with E-state index in [9.17, 15) is 0 Å². The predicted octanol–water partition coefficient (Wildman–Crippen LogP) is 0.831. The molecule has 29 valence electrons. The van der Waals surface area contributed by atoms with Crippen LogP contribution in [0.4, 0.5) is 0 Å². The van der Waals surface area contributed by atoms with Gasteiger partial charge in [0.15, 0.2) is 0 Å². The Morgan fingerprint density at radius 1 is 1.83 bits per heavy atom. The lowest BCUT2D eigenvalue weighted by Gasteiger charge is -1.62. The second kappa shape index (κ2) is 1.30. The summed E-state index contributed by atoms with van der Waals surface area (Å²) in [5.74, 6) is 0. The van der Waals surface area contributed by atoms with Crippen LogP contribution >= 0.6 is 12.2 Å². The van der Waals surface area contributed by atoms with Gasteiger partial charge in [-0.1, -0.05) is 12.2 Å². The molecule has 0 amide bonds. The van der Waals surface area contributed by atoms with E-state index in [0.29, 0.717) is 4.86 Å². The number of thiocarbonyl (C=S) groups is 1. The summed E-state index contributed by atoms with van der Waals surface area (Å²) in [4.78, 5) is 4.28. The monoisotopic (exact) mass is 96.0 g/mol. The molecule has 0 saturated heterocycles. The van der Waals surface area contributed by atoms with E-state index in [1.165, 1.54) is 0 Å². The van der Waals surface area contributed by atoms with Gasteiger partial charge >= 0.3 is 0 Å². The van der Waals surface area contributed by atoms with Crippen LogP contribution in [-0.4, -0.2) is 11.1 Å². The average Bonchev–Trinajstić information content (AvgIpc) is 1.86. The van der Waals surface area contributed by atoms with Gasteiger partial charge in [-0.05, 0) is 6.08 Å². The molecular weight excluding hydrogens is 94.1 g/mol. The number of rotatable bonds is 0. The van der Waals surface area contributed by atoms with Crippen molar-refractivity contribution in [2.75, 3.05) is 0 Å². The van der Waals surface area contributed by atoms with Gasteiger partial charge in [-0.15, -0.1) is 0 Å². The van der Waals surface area contributed by atoms with Gasteiger partial charge < -0.3 is 0 Å². The van der Waals surface area contributed by atoms with E-state index in [0.717, 1.165) is 0 Å². The van der Waals surface area contributed by atoms with Crippen LogP contribution in [-0.2, 0) is 0 Å². The number of allylic oxidation sites excluding steroid dienone is 1. The summed E-state index contributed by atoms with van der Waals surface area (Å²) in [5, 5.41) is 0. The molecular formula is C4H2NS. The summed E-state index contributed by atoms with van der Waals surface area (Å²) in [6, 6.07) is 0. The molecule has 0 saturated carbocycles. The summed E-state index contributed by atoms with van der Waals surface area (Å²) in [6.45, 7) is 0. The molecule has 1 radical (unpaired) electrons. The minimum atomic E-state index is 0.690. The van der Waals surface area contributed by atoms with Crippen molar-refractivity contribution in [3.8, 4) is 0 Å². The molecule has 0 aromatic rings. The predicted molar refractivity (Wildman–Crippen MR) is 29.2 cm³/mol. The third kappa shape index (κ3) is 0.518. The zero-order valence-electron chi connectivity index (χ0n) is 3.01. The van der Waals surface area contributed by atoms with Gasteiger partial charge in [0, 0.05) is 6.20 Å². The highest BCUT2D eigenvalue weighted by Crippen LogP contribution is 1.86. The highest BCUT2D eigenvalue weighted by molar-refractivity contribution is 7.82. The first kappa shape index (κ1) is 3.68. The molecule has 0 aromatic heterocycles. The van der Waals surface area contributed by atoms with E-state index < -0.39 is 0 Å². The van der Waals surface area contributed by atoms with Gasteiger partial charge in [0.1, 0.15) is 6.21 Å². The van der Waals surface area contributed by atoms with Gasteiger partial charge in [-0.2, -0.15) is 0 Å². The van der Waals surface area contributed by atoms with Gasteiger partial charge in [0.05, 0.1) is 4.86 Å². The quantitative estimate of drug-likeness (QED) is 0.407. The maximum absolute atomic E-state index is 4.63. The smallest absolute Gasteiger partial charge is 0.108 e. The molecule has 2 heteroatoms. The Kier molecular flexibility index (Phi) is 0.801. The van der Waals surface area contributed by atoms with Crippen LogP contribution in [0.1, 0.15) is 0 Å². The third-order valence-electron chi connectivity index (χ3n) is 0.475. The molecule has 0 aliphatic carbocycles. The first-order valence-electron chi connectivity index (χ1n) is 1.56. The highest BCUT2D eigenvalue weighted by Gasteiger charge is 1.86. The number of hydrogen-bond donors (Lipinski definition) is 0. The standard InChI is InChI=1S/C4H2NS/c6-4-1-2-5-3-4/h1-2H. The highest BCUT2D eigenvalue weighted by atomic mass is 32.1. The van der Waals surface area contributed by atoms with Crippen molar-refractivity contribution < 1.29 is 0 Å². The first-order valence-corrected chi connectivity index (χ1v) is 1.97. The minimum Gasteiger partial charge on any atom is -0.253 e. The molecule has 1 nitrogen and oxygen atoms in total. The Bertz CT molecular complexity index is 110. The second-order valence-electron chi connectivity index (χ2n) is 0.921. The van der Waals surface area contributed by atoms with E-state index in [1.807, 2.05) is 0 Å². The molecule has 6 heavy (non-hydrogen) atoms. The minimum absolute atomic E-state index is 0.690. The third-order valence-corrected chi connectivity index (χ3v) is 0.703. The fourth-order valence-electron chi connectivity index (χ4n) is 0.243. The van der Waals surface area contributed by atoms with E-state index in [-0.39, 0.29) is 0 Å².